The summed E-state index contributed by atoms with van der Waals surface area (Å²) >= 11 is 0. The predicted octanol–water partition coefficient (Wildman–Crippen LogP) is 3.56. The topological polar surface area (TPSA) is 49.8 Å². The summed E-state index contributed by atoms with van der Waals surface area (Å²) in [5, 5.41) is 11.9. The molecule has 0 aromatic heterocycles. The Hall–Kier alpha value is -2.55. The molecule has 0 aliphatic carbocycles. The number of likely N-dealkylation sites (tertiary alicyclic amines) is 1. The molecule has 0 spiro atoms. The SMILES string of the molecule is C#CC1CC(CO[Si](c2ccccc2)(c2ccccc2)C(C)(C)C)N(C(=O)O)C1. The van der Waals surface area contributed by atoms with E-state index in [0.717, 1.165) is 0 Å². The van der Waals surface area contributed by atoms with Crippen LogP contribution in [0.5, 0.6) is 0 Å². The number of carboxylic acid groups (broad SMARTS) is 1. The normalized spacial score (nSPS) is 19.7. The van der Waals surface area contributed by atoms with Gasteiger partial charge in [0.25, 0.3) is 8.32 Å². The maximum atomic E-state index is 11.7. The van der Waals surface area contributed by atoms with Crippen LogP contribution in [0, 0.1) is 18.3 Å². The molecule has 3 rings (SSSR count). The molecule has 1 heterocycles. The fourth-order valence-electron chi connectivity index (χ4n) is 4.41. The van der Waals surface area contributed by atoms with E-state index in [-0.39, 0.29) is 17.0 Å². The smallest absolute Gasteiger partial charge is 0.407 e. The molecule has 2 unspecified atom stereocenters. The molecule has 1 aliphatic rings. The molecule has 1 fully saturated rings. The first-order chi connectivity index (χ1) is 13.8. The van der Waals surface area contributed by atoms with Crippen LogP contribution in [0.4, 0.5) is 4.79 Å². The highest BCUT2D eigenvalue weighted by molar-refractivity contribution is 6.99. The Bertz CT molecular complexity index is 831. The third kappa shape index (κ3) is 4.10. The third-order valence-electron chi connectivity index (χ3n) is 5.80. The Morgan fingerprint density at radius 2 is 1.66 bits per heavy atom. The standard InChI is InChI=1S/C24H29NO3Si/c1-5-19-16-20(25(17-19)23(26)27)18-28-29(24(2,3)4,21-12-8-6-9-13-21)22-14-10-7-11-15-22/h1,6-15,19-20H,16-18H2,2-4H3,(H,26,27). The molecule has 4 nitrogen and oxygen atoms in total. The summed E-state index contributed by atoms with van der Waals surface area (Å²) in [7, 11) is -2.68. The van der Waals surface area contributed by atoms with Gasteiger partial charge in [-0.25, -0.2) is 4.79 Å². The molecule has 152 valence electrons. The second-order valence-electron chi connectivity index (χ2n) is 8.66. The van der Waals surface area contributed by atoms with E-state index in [0.29, 0.717) is 19.6 Å². The first kappa shape index (κ1) is 21.2. The van der Waals surface area contributed by atoms with Gasteiger partial charge in [0.05, 0.1) is 12.6 Å². The summed E-state index contributed by atoms with van der Waals surface area (Å²) in [6.07, 6.45) is 5.30. The van der Waals surface area contributed by atoms with Gasteiger partial charge in [-0.3, -0.25) is 0 Å². The molecule has 5 heteroatoms. The van der Waals surface area contributed by atoms with Crippen LogP contribution in [0.3, 0.4) is 0 Å². The largest absolute Gasteiger partial charge is 0.465 e. The lowest BCUT2D eigenvalue weighted by Gasteiger charge is -2.44. The van der Waals surface area contributed by atoms with E-state index in [9.17, 15) is 9.90 Å². The van der Waals surface area contributed by atoms with Gasteiger partial charge in [-0.1, -0.05) is 81.4 Å². The summed E-state index contributed by atoms with van der Waals surface area (Å²) in [5.41, 5.74) is 0. The van der Waals surface area contributed by atoms with E-state index in [1.165, 1.54) is 15.3 Å². The fourth-order valence-corrected chi connectivity index (χ4v) is 9.01. The van der Waals surface area contributed by atoms with Gasteiger partial charge >= 0.3 is 6.09 Å². The molecule has 1 aliphatic heterocycles. The van der Waals surface area contributed by atoms with Crippen molar-refractivity contribution >= 4 is 24.8 Å². The maximum absolute atomic E-state index is 11.7. The number of hydrogen-bond donors (Lipinski definition) is 1. The zero-order chi connectivity index (χ0) is 21.1. The maximum Gasteiger partial charge on any atom is 0.407 e. The highest BCUT2D eigenvalue weighted by Crippen LogP contribution is 2.37. The minimum absolute atomic E-state index is 0.0566. The van der Waals surface area contributed by atoms with Crippen molar-refractivity contribution in [3.05, 3.63) is 60.7 Å². The molecule has 0 radical (unpaired) electrons. The van der Waals surface area contributed by atoms with Crippen molar-refractivity contribution in [2.45, 2.75) is 38.3 Å². The Morgan fingerprint density at radius 1 is 1.14 bits per heavy atom. The minimum Gasteiger partial charge on any atom is -0.465 e. The van der Waals surface area contributed by atoms with Crippen LogP contribution < -0.4 is 10.4 Å². The summed E-state index contributed by atoms with van der Waals surface area (Å²) in [5.74, 6) is 2.66. The van der Waals surface area contributed by atoms with E-state index in [4.69, 9.17) is 10.8 Å². The molecule has 2 aromatic carbocycles. The van der Waals surface area contributed by atoms with Crippen molar-refractivity contribution < 1.29 is 14.3 Å². The lowest BCUT2D eigenvalue weighted by Crippen LogP contribution is -2.67. The first-order valence-corrected chi connectivity index (χ1v) is 11.9. The molecular weight excluding hydrogens is 378 g/mol. The summed E-state index contributed by atoms with van der Waals surface area (Å²) < 4.78 is 6.89. The first-order valence-electron chi connectivity index (χ1n) is 10.0. The summed E-state index contributed by atoms with van der Waals surface area (Å²) in [4.78, 5) is 13.2. The van der Waals surface area contributed by atoms with Crippen LogP contribution in [0.25, 0.3) is 0 Å². The van der Waals surface area contributed by atoms with Crippen molar-refractivity contribution in [1.29, 1.82) is 0 Å². The van der Waals surface area contributed by atoms with E-state index in [1.54, 1.807) is 0 Å². The molecule has 2 atom stereocenters. The van der Waals surface area contributed by atoms with E-state index in [1.807, 2.05) is 36.4 Å². The number of benzene rings is 2. The van der Waals surface area contributed by atoms with E-state index >= 15 is 0 Å². The van der Waals surface area contributed by atoms with Gasteiger partial charge in [-0.15, -0.1) is 12.3 Å². The van der Waals surface area contributed by atoms with Crippen molar-refractivity contribution in [3.8, 4) is 12.3 Å². The number of hydrogen-bond acceptors (Lipinski definition) is 2. The quantitative estimate of drug-likeness (QED) is 0.609. The molecule has 1 N–H and O–H groups in total. The van der Waals surface area contributed by atoms with Gasteiger partial charge in [0.2, 0.25) is 0 Å². The summed E-state index contributed by atoms with van der Waals surface area (Å²) in [6.45, 7) is 7.37. The number of nitrogens with zero attached hydrogens (tertiary/aromatic N) is 1. The molecule has 0 bridgehead atoms. The lowest BCUT2D eigenvalue weighted by atomic mass is 10.1. The van der Waals surface area contributed by atoms with Gasteiger partial charge in [0.1, 0.15) is 0 Å². The molecule has 2 aromatic rings. The van der Waals surface area contributed by atoms with Crippen molar-refractivity contribution in [3.63, 3.8) is 0 Å². The zero-order valence-electron chi connectivity index (χ0n) is 17.3. The highest BCUT2D eigenvalue weighted by atomic mass is 28.4. The number of carbonyl (C=O) groups is 1. The van der Waals surface area contributed by atoms with Crippen LogP contribution in [-0.2, 0) is 4.43 Å². The number of rotatable bonds is 5. The second-order valence-corrected chi connectivity index (χ2v) is 13.0. The fraction of sp³-hybridized carbons (Fsp3) is 0.375. The van der Waals surface area contributed by atoms with Gasteiger partial charge < -0.3 is 14.4 Å². The van der Waals surface area contributed by atoms with Gasteiger partial charge in [0, 0.05) is 12.5 Å². The van der Waals surface area contributed by atoms with E-state index in [2.05, 4.69) is 51.0 Å². The molecule has 29 heavy (non-hydrogen) atoms. The lowest BCUT2D eigenvalue weighted by molar-refractivity contribution is 0.121. The molecule has 1 saturated heterocycles. The monoisotopic (exact) mass is 407 g/mol. The van der Waals surface area contributed by atoms with Crippen LogP contribution in [0.1, 0.15) is 27.2 Å². The van der Waals surface area contributed by atoms with Gasteiger partial charge in [-0.05, 0) is 21.8 Å². The van der Waals surface area contributed by atoms with Crippen molar-refractivity contribution in [2.24, 2.45) is 5.92 Å². The van der Waals surface area contributed by atoms with E-state index < -0.39 is 14.4 Å². The highest BCUT2D eigenvalue weighted by Gasteiger charge is 2.51. The molecular formula is C24H29NO3Si. The third-order valence-corrected chi connectivity index (χ3v) is 10.8. The van der Waals surface area contributed by atoms with Crippen LogP contribution in [0.2, 0.25) is 5.04 Å². The van der Waals surface area contributed by atoms with Crippen molar-refractivity contribution in [2.75, 3.05) is 13.2 Å². The van der Waals surface area contributed by atoms with Crippen LogP contribution in [-0.4, -0.2) is 43.6 Å². The predicted molar refractivity (Wildman–Crippen MR) is 119 cm³/mol. The Labute approximate surface area is 174 Å². The van der Waals surface area contributed by atoms with Gasteiger partial charge in [0.15, 0.2) is 0 Å². The minimum atomic E-state index is -2.68. The molecule has 1 amide bonds. The molecule has 0 saturated carbocycles. The van der Waals surface area contributed by atoms with Crippen molar-refractivity contribution in [1.82, 2.24) is 4.90 Å². The average molecular weight is 408 g/mol. The average Bonchev–Trinajstić information content (AvgIpc) is 3.13. The second kappa shape index (κ2) is 8.44. The van der Waals surface area contributed by atoms with Crippen LogP contribution >= 0.6 is 0 Å². The zero-order valence-corrected chi connectivity index (χ0v) is 18.3. The van der Waals surface area contributed by atoms with Crippen LogP contribution in [0.15, 0.2) is 60.7 Å². The van der Waals surface area contributed by atoms with Gasteiger partial charge in [-0.2, -0.15) is 0 Å². The Kier molecular flexibility index (Phi) is 6.16. The summed E-state index contributed by atoms with van der Waals surface area (Å²) in [6, 6.07) is 20.5. The Morgan fingerprint density at radius 3 is 2.07 bits per heavy atom. The number of terminal acetylenes is 1. The Balaban J connectivity index is 2.02. The number of amides is 1.